The van der Waals surface area contributed by atoms with Crippen molar-refractivity contribution in [2.75, 3.05) is 6.61 Å². The maximum atomic E-state index is 13.5. The lowest BCUT2D eigenvalue weighted by atomic mass is 10.3. The van der Waals surface area contributed by atoms with Crippen molar-refractivity contribution >= 4 is 11.2 Å². The topological polar surface area (TPSA) is 74.8 Å². The van der Waals surface area contributed by atoms with Crippen LogP contribution in [0.1, 0.15) is 0 Å². The second-order valence-corrected chi connectivity index (χ2v) is 5.53. The summed E-state index contributed by atoms with van der Waals surface area (Å²) in [7, 11) is 0. The third kappa shape index (κ3) is 2.92. The molecule has 4 aromatic rings. The van der Waals surface area contributed by atoms with Crippen LogP contribution >= 0.6 is 0 Å². The predicted molar refractivity (Wildman–Crippen MR) is 92.8 cm³/mol. The Bertz CT molecular complexity index is 1110. The van der Waals surface area contributed by atoms with Crippen molar-refractivity contribution in [3.63, 3.8) is 0 Å². The van der Waals surface area contributed by atoms with Gasteiger partial charge in [0.15, 0.2) is 22.7 Å². The predicted octanol–water partition coefficient (Wildman–Crippen LogP) is 2.20. The highest BCUT2D eigenvalue weighted by atomic mass is 19.1. The minimum Gasteiger partial charge on any atom is -0.489 e. The molecule has 4 rings (SSSR count). The summed E-state index contributed by atoms with van der Waals surface area (Å²) in [5.74, 6) is -0.302. The van der Waals surface area contributed by atoms with E-state index < -0.39 is 5.82 Å². The van der Waals surface area contributed by atoms with E-state index in [2.05, 4.69) is 15.3 Å². The molecule has 0 aliphatic rings. The average Bonchev–Trinajstić information content (AvgIpc) is 3.11. The lowest BCUT2D eigenvalue weighted by Gasteiger charge is -2.08. The highest BCUT2D eigenvalue weighted by molar-refractivity contribution is 5.70. The van der Waals surface area contributed by atoms with Gasteiger partial charge in [0, 0.05) is 0 Å². The summed E-state index contributed by atoms with van der Waals surface area (Å²) < 4.78 is 21.8. The molecule has 0 unspecified atom stereocenters. The van der Waals surface area contributed by atoms with Crippen molar-refractivity contribution in [2.45, 2.75) is 6.54 Å². The zero-order valence-electron chi connectivity index (χ0n) is 13.6. The number of hydrogen-bond acceptors (Lipinski definition) is 5. The van der Waals surface area contributed by atoms with Crippen LogP contribution in [0.25, 0.3) is 16.9 Å². The number of nitrogens with zero attached hydrogens (tertiary/aromatic N) is 5. The van der Waals surface area contributed by atoms with Gasteiger partial charge >= 0.3 is 0 Å². The molecule has 2 aromatic carbocycles. The van der Waals surface area contributed by atoms with E-state index in [1.54, 1.807) is 12.1 Å². The number of fused-ring (bicyclic) bond motifs is 1. The molecular weight excluding hydrogens is 337 g/mol. The van der Waals surface area contributed by atoms with Crippen LogP contribution in [-0.2, 0) is 6.54 Å². The van der Waals surface area contributed by atoms with E-state index in [0.717, 1.165) is 5.69 Å². The third-order valence-corrected chi connectivity index (χ3v) is 3.86. The smallest absolute Gasteiger partial charge is 0.283 e. The van der Waals surface area contributed by atoms with Crippen LogP contribution in [0.5, 0.6) is 5.75 Å². The lowest BCUT2D eigenvalue weighted by molar-refractivity contribution is 0.282. The summed E-state index contributed by atoms with van der Waals surface area (Å²) in [4.78, 5) is 16.9. The molecule has 0 aliphatic carbocycles. The maximum Gasteiger partial charge on any atom is 0.283 e. The van der Waals surface area contributed by atoms with Gasteiger partial charge in [0.1, 0.15) is 12.9 Å². The number of halogens is 1. The Morgan fingerprint density at radius 2 is 1.81 bits per heavy atom. The van der Waals surface area contributed by atoms with Crippen molar-refractivity contribution in [1.82, 2.24) is 24.5 Å². The van der Waals surface area contributed by atoms with Crippen molar-refractivity contribution in [1.29, 1.82) is 0 Å². The minimum atomic E-state index is -0.445. The lowest BCUT2D eigenvalue weighted by Crippen LogP contribution is -2.24. The van der Waals surface area contributed by atoms with E-state index in [4.69, 9.17) is 4.74 Å². The molecule has 0 spiro atoms. The SMILES string of the molecule is O=c1c2nnn(-c3ccccc3)c2ncn1CCOc1ccccc1F. The van der Waals surface area contributed by atoms with Gasteiger partial charge in [-0.15, -0.1) is 5.10 Å². The summed E-state index contributed by atoms with van der Waals surface area (Å²) in [5.41, 5.74) is 0.992. The van der Waals surface area contributed by atoms with Gasteiger partial charge in [0.25, 0.3) is 5.56 Å². The Kier molecular flexibility index (Phi) is 4.14. The molecule has 0 amide bonds. The highest BCUT2D eigenvalue weighted by Crippen LogP contribution is 2.15. The molecule has 0 radical (unpaired) electrons. The second-order valence-electron chi connectivity index (χ2n) is 5.53. The second kappa shape index (κ2) is 6.75. The van der Waals surface area contributed by atoms with Crippen LogP contribution in [0.3, 0.4) is 0 Å². The number of ether oxygens (including phenoxy) is 1. The van der Waals surface area contributed by atoms with E-state index >= 15 is 0 Å². The number of para-hydroxylation sites is 2. The van der Waals surface area contributed by atoms with E-state index in [-0.39, 0.29) is 30.0 Å². The fourth-order valence-corrected chi connectivity index (χ4v) is 2.56. The Labute approximate surface area is 147 Å². The Hall–Kier alpha value is -3.55. The molecule has 0 N–H and O–H groups in total. The molecule has 130 valence electrons. The first-order chi connectivity index (χ1) is 12.7. The Morgan fingerprint density at radius 1 is 1.04 bits per heavy atom. The van der Waals surface area contributed by atoms with Gasteiger partial charge in [-0.2, -0.15) is 4.68 Å². The summed E-state index contributed by atoms with van der Waals surface area (Å²) in [6.45, 7) is 0.342. The van der Waals surface area contributed by atoms with Crippen LogP contribution in [0.2, 0.25) is 0 Å². The first-order valence-electron chi connectivity index (χ1n) is 7.97. The maximum absolute atomic E-state index is 13.5. The zero-order valence-corrected chi connectivity index (χ0v) is 13.6. The van der Waals surface area contributed by atoms with Gasteiger partial charge in [-0.05, 0) is 24.3 Å². The molecule has 0 bridgehead atoms. The van der Waals surface area contributed by atoms with Crippen molar-refractivity contribution in [3.05, 3.63) is 77.1 Å². The largest absolute Gasteiger partial charge is 0.489 e. The van der Waals surface area contributed by atoms with Gasteiger partial charge < -0.3 is 4.74 Å². The number of rotatable bonds is 5. The summed E-state index contributed by atoms with van der Waals surface area (Å²) in [6, 6.07) is 15.4. The molecule has 0 saturated carbocycles. The monoisotopic (exact) mass is 351 g/mol. The van der Waals surface area contributed by atoms with Gasteiger partial charge in [0.05, 0.1) is 12.2 Å². The molecule has 8 heteroatoms. The molecule has 0 saturated heterocycles. The quantitative estimate of drug-likeness (QED) is 0.551. The first-order valence-corrected chi connectivity index (χ1v) is 7.97. The van der Waals surface area contributed by atoms with Crippen LogP contribution in [0.4, 0.5) is 4.39 Å². The Morgan fingerprint density at radius 3 is 2.62 bits per heavy atom. The molecule has 26 heavy (non-hydrogen) atoms. The summed E-state index contributed by atoms with van der Waals surface area (Å²) in [5, 5.41) is 7.97. The molecule has 0 fully saturated rings. The molecule has 2 aromatic heterocycles. The normalized spacial score (nSPS) is 11.0. The van der Waals surface area contributed by atoms with E-state index in [1.165, 1.54) is 27.7 Å². The minimum absolute atomic E-state index is 0.126. The van der Waals surface area contributed by atoms with Gasteiger partial charge in [-0.1, -0.05) is 35.5 Å². The van der Waals surface area contributed by atoms with Crippen LogP contribution < -0.4 is 10.3 Å². The van der Waals surface area contributed by atoms with Crippen molar-refractivity contribution in [2.24, 2.45) is 0 Å². The van der Waals surface area contributed by atoms with E-state index in [9.17, 15) is 9.18 Å². The standard InChI is InChI=1S/C18H14FN5O2/c19-14-8-4-5-9-15(14)26-11-10-23-12-20-17-16(18(23)25)21-22-24(17)13-6-2-1-3-7-13/h1-9,12H,10-11H2. The molecular formula is C18H14FN5O2. The molecule has 7 nitrogen and oxygen atoms in total. The summed E-state index contributed by atoms with van der Waals surface area (Å²) >= 11 is 0. The van der Waals surface area contributed by atoms with Gasteiger partial charge in [-0.3, -0.25) is 9.36 Å². The van der Waals surface area contributed by atoms with Crippen LogP contribution in [0.15, 0.2) is 65.7 Å². The fourth-order valence-electron chi connectivity index (χ4n) is 2.56. The fraction of sp³-hybridized carbons (Fsp3) is 0.111. The number of hydrogen-bond donors (Lipinski definition) is 0. The zero-order chi connectivity index (χ0) is 17.9. The third-order valence-electron chi connectivity index (χ3n) is 3.86. The number of benzene rings is 2. The number of aromatic nitrogens is 5. The van der Waals surface area contributed by atoms with Crippen molar-refractivity contribution in [3.8, 4) is 11.4 Å². The summed E-state index contributed by atoms with van der Waals surface area (Å²) in [6.07, 6.45) is 1.41. The van der Waals surface area contributed by atoms with E-state index in [1.807, 2.05) is 30.3 Å². The van der Waals surface area contributed by atoms with Crippen LogP contribution in [0, 0.1) is 5.82 Å². The molecule has 0 atom stereocenters. The highest BCUT2D eigenvalue weighted by Gasteiger charge is 2.13. The average molecular weight is 351 g/mol. The van der Waals surface area contributed by atoms with Gasteiger partial charge in [-0.25, -0.2) is 9.37 Å². The molecule has 2 heterocycles. The van der Waals surface area contributed by atoms with Gasteiger partial charge in [0.2, 0.25) is 0 Å². The van der Waals surface area contributed by atoms with Crippen LogP contribution in [-0.4, -0.2) is 31.2 Å². The van der Waals surface area contributed by atoms with E-state index in [0.29, 0.717) is 5.65 Å². The molecule has 0 aliphatic heterocycles. The van der Waals surface area contributed by atoms with Crippen molar-refractivity contribution < 1.29 is 9.13 Å². The Balaban J connectivity index is 1.57. The first kappa shape index (κ1) is 15.9.